The lowest BCUT2D eigenvalue weighted by molar-refractivity contribution is 0.660. The van der Waals surface area contributed by atoms with Crippen LogP contribution in [0.15, 0.2) is 217 Å². The summed E-state index contributed by atoms with van der Waals surface area (Å²) < 4.78 is 6.56. The molecule has 4 nitrogen and oxygen atoms in total. The summed E-state index contributed by atoms with van der Waals surface area (Å²) in [5.74, 6) is 0.698. The maximum Gasteiger partial charge on any atom is 0.160 e. The number of hydrogen-bond donors (Lipinski definition) is 0. The van der Waals surface area contributed by atoms with Crippen LogP contribution >= 0.6 is 0 Å². The first-order valence-corrected chi connectivity index (χ1v) is 21.6. The molecule has 0 fully saturated rings. The summed E-state index contributed by atoms with van der Waals surface area (Å²) in [6.45, 7) is 4.69. The quantitative estimate of drug-likeness (QED) is 0.161. The van der Waals surface area contributed by atoms with Crippen LogP contribution in [0, 0.1) is 0 Å². The first-order valence-electron chi connectivity index (χ1n) is 21.6. The number of benzene rings is 9. The molecule has 0 amide bonds. The Morgan fingerprint density at radius 1 is 0.413 bits per heavy atom. The minimum absolute atomic E-state index is 0.136. The van der Waals surface area contributed by atoms with Crippen molar-refractivity contribution in [3.05, 3.63) is 223 Å². The molecule has 0 radical (unpaired) electrons. The van der Waals surface area contributed by atoms with Gasteiger partial charge in [0.1, 0.15) is 11.2 Å². The van der Waals surface area contributed by atoms with Crippen molar-refractivity contribution in [1.82, 2.24) is 9.97 Å². The highest BCUT2D eigenvalue weighted by Gasteiger charge is 2.37. The van der Waals surface area contributed by atoms with Gasteiger partial charge in [0.05, 0.1) is 16.9 Å². The van der Waals surface area contributed by atoms with Gasteiger partial charge in [0.15, 0.2) is 5.82 Å². The maximum atomic E-state index is 6.56. The summed E-state index contributed by atoms with van der Waals surface area (Å²) in [6.07, 6.45) is 0. The van der Waals surface area contributed by atoms with Crippen LogP contribution in [0.1, 0.15) is 25.0 Å². The molecule has 0 N–H and O–H groups in total. The zero-order valence-electron chi connectivity index (χ0n) is 35.0. The summed E-state index contributed by atoms with van der Waals surface area (Å²) >= 11 is 0. The Morgan fingerprint density at radius 2 is 1.02 bits per heavy atom. The van der Waals surface area contributed by atoms with Crippen LogP contribution < -0.4 is 4.90 Å². The average molecular weight is 808 g/mol. The Balaban J connectivity index is 1.00. The normalized spacial score (nSPS) is 12.7. The molecule has 0 unspecified atom stereocenters. The first-order chi connectivity index (χ1) is 31.0. The van der Waals surface area contributed by atoms with Crippen molar-refractivity contribution in [1.29, 1.82) is 0 Å². The van der Waals surface area contributed by atoms with E-state index < -0.39 is 0 Å². The minimum Gasteiger partial charge on any atom is -0.456 e. The van der Waals surface area contributed by atoms with Crippen LogP contribution in [0.25, 0.3) is 88.9 Å². The summed E-state index contributed by atoms with van der Waals surface area (Å²) in [6, 6.07) is 75.5. The molecule has 0 saturated heterocycles. The van der Waals surface area contributed by atoms with Gasteiger partial charge >= 0.3 is 0 Å². The second-order valence-electron chi connectivity index (χ2n) is 17.0. The van der Waals surface area contributed by atoms with Crippen molar-refractivity contribution in [2.24, 2.45) is 0 Å². The lowest BCUT2D eigenvalue weighted by atomic mass is 9.82. The third kappa shape index (κ3) is 6.14. The van der Waals surface area contributed by atoms with E-state index >= 15 is 0 Å². The standard InChI is InChI=1S/C59H41N3O/c1-59(2)50-26-11-9-24-46(50)56-51(59)27-15-29-53(56)62(44-23-14-21-41(35-44)38-16-5-3-6-17-38)45-31-33-55-49(37-45)48-36-42(30-32-54(48)63-55)40-20-13-22-43(34-40)58-60-52-28-12-10-25-47(52)57(61-58)39-18-7-4-8-19-39/h3-37H,1-2H3. The van der Waals surface area contributed by atoms with Crippen molar-refractivity contribution in [3.8, 4) is 56.0 Å². The lowest BCUT2D eigenvalue weighted by Crippen LogP contribution is -2.16. The van der Waals surface area contributed by atoms with Crippen molar-refractivity contribution < 1.29 is 4.42 Å². The third-order valence-corrected chi connectivity index (χ3v) is 12.9. The molecule has 12 rings (SSSR count). The molecule has 63 heavy (non-hydrogen) atoms. The number of para-hydroxylation sites is 1. The number of rotatable bonds is 7. The predicted octanol–water partition coefficient (Wildman–Crippen LogP) is 16.0. The largest absolute Gasteiger partial charge is 0.456 e. The molecular formula is C59H41N3O. The van der Waals surface area contributed by atoms with Gasteiger partial charge in [0, 0.05) is 49.6 Å². The van der Waals surface area contributed by atoms with Gasteiger partial charge in [-0.05, 0) is 99.6 Å². The van der Waals surface area contributed by atoms with Crippen LogP contribution in [0.2, 0.25) is 0 Å². The van der Waals surface area contributed by atoms with Gasteiger partial charge in [0.25, 0.3) is 0 Å². The van der Waals surface area contributed by atoms with E-state index in [0.29, 0.717) is 5.82 Å². The minimum atomic E-state index is -0.136. The smallest absolute Gasteiger partial charge is 0.160 e. The SMILES string of the molecule is CC1(C)c2ccccc2-c2c(N(c3cccc(-c4ccccc4)c3)c3ccc4oc5ccc(-c6cccc(-c7nc(-c8ccccc8)c8ccccc8n7)c6)cc5c4c3)cccc21. The van der Waals surface area contributed by atoms with E-state index in [-0.39, 0.29) is 5.41 Å². The summed E-state index contributed by atoms with van der Waals surface area (Å²) in [4.78, 5) is 12.7. The van der Waals surface area contributed by atoms with E-state index in [4.69, 9.17) is 14.4 Å². The van der Waals surface area contributed by atoms with E-state index in [2.05, 4.69) is 213 Å². The van der Waals surface area contributed by atoms with Gasteiger partial charge in [-0.3, -0.25) is 0 Å². The highest BCUT2D eigenvalue weighted by Crippen LogP contribution is 2.54. The van der Waals surface area contributed by atoms with Crippen molar-refractivity contribution in [3.63, 3.8) is 0 Å². The second-order valence-corrected chi connectivity index (χ2v) is 17.0. The molecule has 4 heteroatoms. The van der Waals surface area contributed by atoms with Gasteiger partial charge in [-0.1, -0.05) is 166 Å². The van der Waals surface area contributed by atoms with Crippen LogP contribution in [0.4, 0.5) is 17.1 Å². The summed E-state index contributed by atoms with van der Waals surface area (Å²) in [7, 11) is 0. The number of nitrogens with zero attached hydrogens (tertiary/aromatic N) is 3. The van der Waals surface area contributed by atoms with Crippen molar-refractivity contribution >= 4 is 49.9 Å². The van der Waals surface area contributed by atoms with Gasteiger partial charge in [-0.15, -0.1) is 0 Å². The number of aromatic nitrogens is 2. The number of fused-ring (bicyclic) bond motifs is 7. The fourth-order valence-electron chi connectivity index (χ4n) is 9.75. The Morgan fingerprint density at radius 3 is 1.86 bits per heavy atom. The van der Waals surface area contributed by atoms with Crippen molar-refractivity contribution in [2.75, 3.05) is 4.90 Å². The molecule has 0 spiro atoms. The van der Waals surface area contributed by atoms with Gasteiger partial charge in [0.2, 0.25) is 0 Å². The number of furan rings is 1. The van der Waals surface area contributed by atoms with E-state index in [1.165, 1.54) is 33.4 Å². The molecule has 1 aliphatic rings. The molecule has 0 saturated carbocycles. The molecule has 11 aromatic rings. The van der Waals surface area contributed by atoms with Gasteiger partial charge < -0.3 is 9.32 Å². The summed E-state index contributed by atoms with van der Waals surface area (Å²) in [5, 5.41) is 3.15. The van der Waals surface area contributed by atoms with E-state index in [9.17, 15) is 0 Å². The Hall–Kier alpha value is -8.08. The molecule has 2 heterocycles. The van der Waals surface area contributed by atoms with Crippen LogP contribution in [0.3, 0.4) is 0 Å². The first kappa shape index (κ1) is 36.7. The molecular weight excluding hydrogens is 767 g/mol. The lowest BCUT2D eigenvalue weighted by Gasteiger charge is -2.29. The Labute approximate surface area is 366 Å². The second kappa shape index (κ2) is 14.5. The third-order valence-electron chi connectivity index (χ3n) is 12.9. The van der Waals surface area contributed by atoms with E-state index in [0.717, 1.165) is 77.9 Å². The van der Waals surface area contributed by atoms with Crippen LogP contribution in [0.5, 0.6) is 0 Å². The molecule has 2 aromatic heterocycles. The highest BCUT2D eigenvalue weighted by molar-refractivity contribution is 6.08. The topological polar surface area (TPSA) is 42.2 Å². The molecule has 1 aliphatic carbocycles. The Bertz CT molecular complexity index is 3550. The van der Waals surface area contributed by atoms with E-state index in [1.807, 2.05) is 18.2 Å². The molecule has 298 valence electrons. The molecule has 0 aliphatic heterocycles. The van der Waals surface area contributed by atoms with Gasteiger partial charge in [-0.25, -0.2) is 9.97 Å². The molecule has 9 aromatic carbocycles. The summed E-state index contributed by atoms with van der Waals surface area (Å²) in [5.41, 5.74) is 18.5. The molecule has 0 atom stereocenters. The van der Waals surface area contributed by atoms with Crippen LogP contribution in [-0.4, -0.2) is 9.97 Å². The maximum absolute atomic E-state index is 6.56. The Kier molecular flexibility index (Phi) is 8.48. The molecule has 0 bridgehead atoms. The van der Waals surface area contributed by atoms with Gasteiger partial charge in [-0.2, -0.15) is 0 Å². The highest BCUT2D eigenvalue weighted by atomic mass is 16.3. The van der Waals surface area contributed by atoms with Crippen LogP contribution in [-0.2, 0) is 5.41 Å². The van der Waals surface area contributed by atoms with Crippen molar-refractivity contribution in [2.45, 2.75) is 19.3 Å². The van der Waals surface area contributed by atoms with E-state index in [1.54, 1.807) is 0 Å². The fraction of sp³-hybridized carbons (Fsp3) is 0.0508. The monoisotopic (exact) mass is 807 g/mol. The zero-order chi connectivity index (χ0) is 42.1. The zero-order valence-corrected chi connectivity index (χ0v) is 35.0. The fourth-order valence-corrected chi connectivity index (χ4v) is 9.75. The average Bonchev–Trinajstić information content (AvgIpc) is 3.83. The number of anilines is 3. The number of hydrogen-bond acceptors (Lipinski definition) is 4. The predicted molar refractivity (Wildman–Crippen MR) is 261 cm³/mol.